The molecule has 1 rings (SSSR count). The van der Waals surface area contributed by atoms with Gasteiger partial charge in [-0.25, -0.2) is 0 Å². The van der Waals surface area contributed by atoms with Crippen LogP contribution >= 0.6 is 0 Å². The van der Waals surface area contributed by atoms with Gasteiger partial charge in [0.25, 0.3) is 0 Å². The molecule has 0 heterocycles. The van der Waals surface area contributed by atoms with Crippen LogP contribution in [0.5, 0.6) is 0 Å². The second-order valence-corrected chi connectivity index (χ2v) is 4.80. The van der Waals surface area contributed by atoms with Crippen LogP contribution in [-0.2, 0) is 9.59 Å². The minimum atomic E-state index is -0.942. The molecule has 2 N–H and O–H groups in total. The summed E-state index contributed by atoms with van der Waals surface area (Å²) >= 11 is 0. The van der Waals surface area contributed by atoms with E-state index in [1.54, 1.807) is 0 Å². The summed E-state index contributed by atoms with van der Waals surface area (Å²) in [4.78, 5) is 24.0. The number of rotatable bonds is 8. The number of carbonyl (C=O) groups excluding carboxylic acids is 1. The Morgan fingerprint density at radius 2 is 2.12 bits per heavy atom. The zero-order valence-corrected chi connectivity index (χ0v) is 10.6. The van der Waals surface area contributed by atoms with Crippen LogP contribution in [0.15, 0.2) is 0 Å². The molecular weight excluding hydrogens is 220 g/mol. The quantitative estimate of drug-likeness (QED) is 0.657. The third-order valence-electron chi connectivity index (χ3n) is 3.07. The Bertz CT molecular complexity index is 277. The number of aliphatic carboxylic acids is 1. The van der Waals surface area contributed by atoms with Crippen molar-refractivity contribution in [2.75, 3.05) is 19.6 Å². The molecular formula is C12H22N2O3. The van der Waals surface area contributed by atoms with Gasteiger partial charge in [0.1, 0.15) is 6.54 Å². The van der Waals surface area contributed by atoms with Gasteiger partial charge in [-0.15, -0.1) is 0 Å². The van der Waals surface area contributed by atoms with E-state index in [2.05, 4.69) is 5.32 Å². The van der Waals surface area contributed by atoms with Crippen LogP contribution in [0, 0.1) is 5.92 Å². The second kappa shape index (κ2) is 6.59. The number of carboxylic acids is 1. The number of nitrogens with zero attached hydrogens (tertiary/aromatic N) is 1. The molecule has 0 spiro atoms. The largest absolute Gasteiger partial charge is 0.480 e. The number of nitrogens with one attached hydrogen (secondary N) is 1. The lowest BCUT2D eigenvalue weighted by Gasteiger charge is -2.21. The van der Waals surface area contributed by atoms with Crippen molar-refractivity contribution in [2.45, 2.75) is 39.2 Å². The van der Waals surface area contributed by atoms with Gasteiger partial charge in [0, 0.05) is 12.6 Å². The Balaban J connectivity index is 2.37. The van der Waals surface area contributed by atoms with Crippen LogP contribution in [0.25, 0.3) is 0 Å². The van der Waals surface area contributed by atoms with Crippen LogP contribution in [0.1, 0.15) is 33.1 Å². The topological polar surface area (TPSA) is 69.6 Å². The van der Waals surface area contributed by atoms with E-state index in [0.717, 1.165) is 19.3 Å². The average Bonchev–Trinajstić information content (AvgIpc) is 3.07. The van der Waals surface area contributed by atoms with E-state index in [1.807, 2.05) is 13.8 Å². The Morgan fingerprint density at radius 3 is 2.59 bits per heavy atom. The molecule has 98 valence electrons. The molecule has 5 heteroatoms. The number of carbonyl (C=O) groups is 2. The maximum absolute atomic E-state index is 11.9. The fourth-order valence-corrected chi connectivity index (χ4v) is 1.55. The first kappa shape index (κ1) is 14.0. The zero-order valence-electron chi connectivity index (χ0n) is 10.6. The number of hydrogen-bond donors (Lipinski definition) is 2. The Labute approximate surface area is 102 Å². The van der Waals surface area contributed by atoms with Gasteiger partial charge >= 0.3 is 5.97 Å². The standard InChI is InChI=1S/C12H22N2O3/c1-3-9(2)13-6-11(15)14(8-12(16)17)7-10-4-5-10/h9-10,13H,3-8H2,1-2H3,(H,16,17). The lowest BCUT2D eigenvalue weighted by molar-refractivity contribution is -0.144. The molecule has 0 aromatic heterocycles. The first-order valence-electron chi connectivity index (χ1n) is 6.25. The van der Waals surface area contributed by atoms with E-state index in [4.69, 9.17) is 5.11 Å². The van der Waals surface area contributed by atoms with Crippen LogP contribution in [0.4, 0.5) is 0 Å². The number of carboxylic acid groups (broad SMARTS) is 1. The highest BCUT2D eigenvalue weighted by atomic mass is 16.4. The third kappa shape index (κ3) is 5.68. The highest BCUT2D eigenvalue weighted by molar-refractivity contribution is 5.82. The number of amides is 1. The fraction of sp³-hybridized carbons (Fsp3) is 0.833. The lowest BCUT2D eigenvalue weighted by Crippen LogP contribution is -2.43. The minimum absolute atomic E-state index is 0.111. The molecule has 1 unspecified atom stereocenters. The van der Waals surface area contributed by atoms with E-state index in [0.29, 0.717) is 12.5 Å². The molecule has 0 aromatic carbocycles. The maximum atomic E-state index is 11.9. The van der Waals surface area contributed by atoms with Gasteiger partial charge in [-0.1, -0.05) is 6.92 Å². The molecule has 1 amide bonds. The minimum Gasteiger partial charge on any atom is -0.480 e. The third-order valence-corrected chi connectivity index (χ3v) is 3.07. The molecule has 1 atom stereocenters. The molecule has 0 bridgehead atoms. The molecule has 5 nitrogen and oxygen atoms in total. The number of hydrogen-bond acceptors (Lipinski definition) is 3. The normalized spacial score (nSPS) is 16.6. The molecule has 1 saturated carbocycles. The summed E-state index contributed by atoms with van der Waals surface area (Å²) in [7, 11) is 0. The van der Waals surface area contributed by atoms with Gasteiger partial charge in [0.15, 0.2) is 0 Å². The molecule has 0 saturated heterocycles. The summed E-state index contributed by atoms with van der Waals surface area (Å²) in [6.07, 6.45) is 3.18. The second-order valence-electron chi connectivity index (χ2n) is 4.80. The van der Waals surface area contributed by atoms with Crippen molar-refractivity contribution in [3.63, 3.8) is 0 Å². The average molecular weight is 242 g/mol. The highest BCUT2D eigenvalue weighted by Gasteiger charge is 2.27. The lowest BCUT2D eigenvalue weighted by atomic mass is 10.2. The van der Waals surface area contributed by atoms with E-state index in [-0.39, 0.29) is 25.0 Å². The van der Waals surface area contributed by atoms with Crippen LogP contribution in [-0.4, -0.2) is 47.6 Å². The van der Waals surface area contributed by atoms with Crippen molar-refractivity contribution >= 4 is 11.9 Å². The molecule has 1 aliphatic carbocycles. The van der Waals surface area contributed by atoms with Crippen molar-refractivity contribution in [2.24, 2.45) is 5.92 Å². The summed E-state index contributed by atoms with van der Waals surface area (Å²) in [5, 5.41) is 11.9. The summed E-state index contributed by atoms with van der Waals surface area (Å²) in [6, 6.07) is 0.284. The predicted molar refractivity (Wildman–Crippen MR) is 64.7 cm³/mol. The predicted octanol–water partition coefficient (Wildman–Crippen LogP) is 0.698. The van der Waals surface area contributed by atoms with E-state index in [1.165, 1.54) is 4.90 Å². The van der Waals surface area contributed by atoms with E-state index in [9.17, 15) is 9.59 Å². The molecule has 0 aromatic rings. The Morgan fingerprint density at radius 1 is 1.47 bits per heavy atom. The summed E-state index contributed by atoms with van der Waals surface area (Å²) in [6.45, 7) is 4.69. The smallest absolute Gasteiger partial charge is 0.323 e. The molecule has 1 fully saturated rings. The van der Waals surface area contributed by atoms with Crippen molar-refractivity contribution < 1.29 is 14.7 Å². The van der Waals surface area contributed by atoms with Crippen molar-refractivity contribution in [1.82, 2.24) is 10.2 Å². The first-order valence-corrected chi connectivity index (χ1v) is 6.25. The highest BCUT2D eigenvalue weighted by Crippen LogP contribution is 2.29. The SMILES string of the molecule is CCC(C)NCC(=O)N(CC(=O)O)CC1CC1. The Kier molecular flexibility index (Phi) is 5.41. The van der Waals surface area contributed by atoms with Gasteiger partial charge in [0.2, 0.25) is 5.91 Å². The Hall–Kier alpha value is -1.10. The first-order chi connectivity index (χ1) is 8.02. The zero-order chi connectivity index (χ0) is 12.8. The van der Waals surface area contributed by atoms with Crippen LogP contribution in [0.2, 0.25) is 0 Å². The maximum Gasteiger partial charge on any atom is 0.323 e. The van der Waals surface area contributed by atoms with Crippen molar-refractivity contribution in [3.8, 4) is 0 Å². The monoisotopic (exact) mass is 242 g/mol. The molecule has 1 aliphatic rings. The fourth-order valence-electron chi connectivity index (χ4n) is 1.55. The van der Waals surface area contributed by atoms with E-state index < -0.39 is 5.97 Å². The molecule has 0 radical (unpaired) electrons. The summed E-state index contributed by atoms with van der Waals surface area (Å²) in [5.74, 6) is -0.538. The van der Waals surface area contributed by atoms with E-state index >= 15 is 0 Å². The van der Waals surface area contributed by atoms with Gasteiger partial charge < -0.3 is 15.3 Å². The van der Waals surface area contributed by atoms with Gasteiger partial charge in [0.05, 0.1) is 6.54 Å². The van der Waals surface area contributed by atoms with Crippen LogP contribution < -0.4 is 5.32 Å². The van der Waals surface area contributed by atoms with Crippen LogP contribution in [0.3, 0.4) is 0 Å². The van der Waals surface area contributed by atoms with Gasteiger partial charge in [-0.3, -0.25) is 9.59 Å². The summed E-state index contributed by atoms with van der Waals surface area (Å²) in [5.41, 5.74) is 0. The molecule has 0 aliphatic heterocycles. The molecule has 17 heavy (non-hydrogen) atoms. The van der Waals surface area contributed by atoms with Crippen molar-refractivity contribution in [1.29, 1.82) is 0 Å². The van der Waals surface area contributed by atoms with Gasteiger partial charge in [-0.2, -0.15) is 0 Å². The summed E-state index contributed by atoms with van der Waals surface area (Å²) < 4.78 is 0. The van der Waals surface area contributed by atoms with Gasteiger partial charge in [-0.05, 0) is 32.1 Å². The van der Waals surface area contributed by atoms with Crippen molar-refractivity contribution in [3.05, 3.63) is 0 Å².